The second-order valence-corrected chi connectivity index (χ2v) is 9.14. The van der Waals surface area contributed by atoms with Gasteiger partial charge < -0.3 is 10.3 Å². The summed E-state index contributed by atoms with van der Waals surface area (Å²) >= 11 is 1.70. The Morgan fingerprint density at radius 1 is 1.30 bits per heavy atom. The Morgan fingerprint density at radius 2 is 2.00 bits per heavy atom. The Labute approximate surface area is 160 Å². The van der Waals surface area contributed by atoms with Gasteiger partial charge in [-0.15, -0.1) is 0 Å². The SMILES string of the molecule is Cc1ccc([N+](=O)[O-])cc1NC(=O)c1cc(S(=O)(=O)N2CCSCC2)c[nH]1. The van der Waals surface area contributed by atoms with E-state index in [1.807, 2.05) is 0 Å². The molecule has 0 spiro atoms. The molecule has 1 aliphatic heterocycles. The first-order valence-electron chi connectivity index (χ1n) is 8.12. The van der Waals surface area contributed by atoms with Crippen molar-refractivity contribution in [1.29, 1.82) is 0 Å². The lowest BCUT2D eigenvalue weighted by Crippen LogP contribution is -2.37. The van der Waals surface area contributed by atoms with E-state index in [1.54, 1.807) is 18.7 Å². The summed E-state index contributed by atoms with van der Waals surface area (Å²) in [7, 11) is -3.65. The number of anilines is 1. The van der Waals surface area contributed by atoms with E-state index in [4.69, 9.17) is 0 Å². The lowest BCUT2D eigenvalue weighted by molar-refractivity contribution is -0.384. The second kappa shape index (κ2) is 7.71. The molecule has 1 aromatic carbocycles. The van der Waals surface area contributed by atoms with Crippen LogP contribution in [0.1, 0.15) is 16.1 Å². The molecule has 27 heavy (non-hydrogen) atoms. The fourth-order valence-corrected chi connectivity index (χ4v) is 5.21. The van der Waals surface area contributed by atoms with Gasteiger partial charge in [-0.1, -0.05) is 6.07 Å². The zero-order chi connectivity index (χ0) is 19.6. The van der Waals surface area contributed by atoms with Gasteiger partial charge in [-0.25, -0.2) is 8.42 Å². The molecule has 1 fully saturated rings. The monoisotopic (exact) mass is 410 g/mol. The van der Waals surface area contributed by atoms with E-state index in [2.05, 4.69) is 10.3 Å². The number of sulfonamides is 1. The van der Waals surface area contributed by atoms with Gasteiger partial charge in [-0.2, -0.15) is 16.1 Å². The smallest absolute Gasteiger partial charge is 0.272 e. The predicted octanol–water partition coefficient (Wildman–Crippen LogP) is 2.22. The van der Waals surface area contributed by atoms with Crippen molar-refractivity contribution < 1.29 is 18.1 Å². The predicted molar refractivity (Wildman–Crippen MR) is 103 cm³/mol. The highest BCUT2D eigenvalue weighted by Gasteiger charge is 2.28. The van der Waals surface area contributed by atoms with Gasteiger partial charge in [0.25, 0.3) is 11.6 Å². The number of aromatic nitrogens is 1. The molecule has 0 saturated carbocycles. The minimum atomic E-state index is -3.65. The highest BCUT2D eigenvalue weighted by Crippen LogP contribution is 2.24. The Morgan fingerprint density at radius 3 is 2.67 bits per heavy atom. The van der Waals surface area contributed by atoms with Crippen molar-refractivity contribution in [2.24, 2.45) is 0 Å². The van der Waals surface area contributed by atoms with Crippen molar-refractivity contribution >= 4 is 39.1 Å². The molecule has 1 aliphatic rings. The van der Waals surface area contributed by atoms with Crippen LogP contribution < -0.4 is 5.32 Å². The summed E-state index contributed by atoms with van der Waals surface area (Å²) < 4.78 is 26.7. The summed E-state index contributed by atoms with van der Waals surface area (Å²) in [5, 5.41) is 13.5. The standard InChI is InChI=1S/C16H18N4O5S2/c1-11-2-3-12(20(22)23)8-14(11)18-16(21)15-9-13(10-17-15)27(24,25)19-4-6-26-7-5-19/h2-3,8-10,17H,4-7H2,1H3,(H,18,21). The maximum absolute atomic E-state index is 12.6. The van der Waals surface area contributed by atoms with Crippen molar-refractivity contribution in [1.82, 2.24) is 9.29 Å². The molecule has 2 N–H and O–H groups in total. The minimum Gasteiger partial charge on any atom is -0.356 e. The van der Waals surface area contributed by atoms with Gasteiger partial charge >= 0.3 is 0 Å². The molecule has 1 aromatic heterocycles. The van der Waals surface area contributed by atoms with Crippen LogP contribution in [-0.4, -0.2) is 53.1 Å². The summed E-state index contributed by atoms with van der Waals surface area (Å²) in [6.07, 6.45) is 1.28. The highest BCUT2D eigenvalue weighted by atomic mass is 32.2. The zero-order valence-corrected chi connectivity index (χ0v) is 16.1. The number of carbonyl (C=O) groups excluding carboxylic acids is 1. The number of aryl methyl sites for hydroxylation is 1. The molecule has 3 rings (SSSR count). The first kappa shape index (κ1) is 19.4. The zero-order valence-electron chi connectivity index (χ0n) is 14.5. The van der Waals surface area contributed by atoms with E-state index in [0.29, 0.717) is 24.3 Å². The number of benzene rings is 1. The first-order chi connectivity index (χ1) is 12.8. The fraction of sp³-hybridized carbons (Fsp3) is 0.312. The number of carbonyl (C=O) groups is 1. The third-order valence-electron chi connectivity index (χ3n) is 4.19. The van der Waals surface area contributed by atoms with Gasteiger partial charge in [0.05, 0.1) is 10.6 Å². The average Bonchev–Trinajstić information content (AvgIpc) is 3.15. The van der Waals surface area contributed by atoms with Crippen LogP contribution in [0.3, 0.4) is 0 Å². The maximum Gasteiger partial charge on any atom is 0.272 e. The number of nitro benzene ring substituents is 1. The van der Waals surface area contributed by atoms with E-state index < -0.39 is 20.9 Å². The van der Waals surface area contributed by atoms with E-state index in [1.165, 1.54) is 34.8 Å². The number of hydrogen-bond donors (Lipinski definition) is 2. The van der Waals surface area contributed by atoms with Gasteiger partial charge in [-0.05, 0) is 18.6 Å². The molecule has 0 unspecified atom stereocenters. The normalized spacial score (nSPS) is 15.4. The van der Waals surface area contributed by atoms with Gasteiger partial charge in [0, 0.05) is 42.9 Å². The van der Waals surface area contributed by atoms with Crippen molar-refractivity contribution in [3.05, 3.63) is 51.8 Å². The summed E-state index contributed by atoms with van der Waals surface area (Å²) in [5.74, 6) is 0.904. The molecule has 2 heterocycles. The lowest BCUT2D eigenvalue weighted by atomic mass is 10.2. The van der Waals surface area contributed by atoms with Gasteiger partial charge in [-0.3, -0.25) is 14.9 Å². The highest BCUT2D eigenvalue weighted by molar-refractivity contribution is 7.99. The van der Waals surface area contributed by atoms with Gasteiger partial charge in [0.2, 0.25) is 10.0 Å². The number of amides is 1. The molecule has 144 valence electrons. The molecule has 9 nitrogen and oxygen atoms in total. The molecular weight excluding hydrogens is 392 g/mol. The van der Waals surface area contributed by atoms with E-state index in [-0.39, 0.29) is 16.3 Å². The Balaban J connectivity index is 1.79. The first-order valence-corrected chi connectivity index (χ1v) is 10.7. The largest absolute Gasteiger partial charge is 0.356 e. The number of hydrogen-bond acceptors (Lipinski definition) is 6. The molecule has 1 amide bonds. The fourth-order valence-electron chi connectivity index (χ4n) is 2.64. The topological polar surface area (TPSA) is 125 Å². The molecule has 0 aliphatic carbocycles. The number of non-ortho nitro benzene ring substituents is 1. The van der Waals surface area contributed by atoms with E-state index in [0.717, 1.165) is 11.5 Å². The Kier molecular flexibility index (Phi) is 5.53. The number of nitro groups is 1. The van der Waals surface area contributed by atoms with Crippen LogP contribution in [0.2, 0.25) is 0 Å². The van der Waals surface area contributed by atoms with Crippen molar-refractivity contribution in [2.45, 2.75) is 11.8 Å². The minimum absolute atomic E-state index is 0.0234. The lowest BCUT2D eigenvalue weighted by Gasteiger charge is -2.24. The van der Waals surface area contributed by atoms with Gasteiger partial charge in [0.1, 0.15) is 10.6 Å². The Bertz CT molecular complexity index is 980. The maximum atomic E-state index is 12.6. The Hall–Kier alpha value is -2.37. The number of rotatable bonds is 5. The third-order valence-corrected chi connectivity index (χ3v) is 7.01. The molecule has 0 bridgehead atoms. The summed E-state index contributed by atoms with van der Waals surface area (Å²) in [6, 6.07) is 5.42. The van der Waals surface area contributed by atoms with Crippen LogP contribution in [0.25, 0.3) is 0 Å². The van der Waals surface area contributed by atoms with Crippen LogP contribution in [-0.2, 0) is 10.0 Å². The third kappa shape index (κ3) is 4.15. The average molecular weight is 410 g/mol. The number of nitrogens with one attached hydrogen (secondary N) is 2. The second-order valence-electron chi connectivity index (χ2n) is 5.98. The van der Waals surface area contributed by atoms with Crippen LogP contribution >= 0.6 is 11.8 Å². The number of H-pyrrole nitrogens is 1. The quantitative estimate of drug-likeness (QED) is 0.575. The molecule has 11 heteroatoms. The molecule has 0 atom stereocenters. The molecule has 0 radical (unpaired) electrons. The van der Waals surface area contributed by atoms with Gasteiger partial charge in [0.15, 0.2) is 0 Å². The molecular formula is C16H18N4O5S2. The van der Waals surface area contributed by atoms with Crippen molar-refractivity contribution in [2.75, 3.05) is 29.9 Å². The van der Waals surface area contributed by atoms with Crippen LogP contribution in [0.5, 0.6) is 0 Å². The number of nitrogens with zero attached hydrogens (tertiary/aromatic N) is 2. The van der Waals surface area contributed by atoms with Crippen molar-refractivity contribution in [3.63, 3.8) is 0 Å². The van der Waals surface area contributed by atoms with E-state index >= 15 is 0 Å². The summed E-state index contributed by atoms with van der Waals surface area (Å²) in [4.78, 5) is 25.5. The summed E-state index contributed by atoms with van der Waals surface area (Å²) in [6.45, 7) is 2.58. The molecule has 1 saturated heterocycles. The number of aromatic amines is 1. The van der Waals surface area contributed by atoms with Crippen LogP contribution in [0.15, 0.2) is 35.4 Å². The summed E-state index contributed by atoms with van der Waals surface area (Å²) in [5.41, 5.74) is 0.861. The van der Waals surface area contributed by atoms with Crippen LogP contribution in [0, 0.1) is 17.0 Å². The van der Waals surface area contributed by atoms with Crippen molar-refractivity contribution in [3.8, 4) is 0 Å². The van der Waals surface area contributed by atoms with Crippen LogP contribution in [0.4, 0.5) is 11.4 Å². The van der Waals surface area contributed by atoms with E-state index in [9.17, 15) is 23.3 Å². The molecule has 2 aromatic rings. The number of thioether (sulfide) groups is 1.